The Kier molecular flexibility index (Phi) is 30.7. The van der Waals surface area contributed by atoms with Gasteiger partial charge >= 0.3 is 23.9 Å². The van der Waals surface area contributed by atoms with E-state index in [-0.39, 0.29) is 55.6 Å². The number of unbranched alkanes of at least 4 members (excludes halogenated alkanes) is 2. The SMILES string of the molecule is CCC(CO)(CO)CO.CCCCC(CC)C(=O)[O-].CCCCC(CC)C(=O)[O-].[Sn+2]. The van der Waals surface area contributed by atoms with Crippen LogP contribution in [0.15, 0.2) is 0 Å². The molecule has 2 unspecified atom stereocenters. The molecular weight excluding hydrogens is 495 g/mol. The Bertz CT molecular complexity index is 344. The van der Waals surface area contributed by atoms with Crippen molar-refractivity contribution in [2.24, 2.45) is 17.3 Å². The third-order valence-electron chi connectivity index (χ3n) is 5.22. The first-order chi connectivity index (χ1) is 13.7. The molecular formula is C22H44O7Sn. The third-order valence-corrected chi connectivity index (χ3v) is 5.22. The van der Waals surface area contributed by atoms with Crippen LogP contribution in [0.4, 0.5) is 0 Å². The van der Waals surface area contributed by atoms with Crippen molar-refractivity contribution in [2.45, 2.75) is 92.4 Å². The largest absolute Gasteiger partial charge is 2.00 e. The van der Waals surface area contributed by atoms with E-state index in [2.05, 4.69) is 13.8 Å². The van der Waals surface area contributed by atoms with E-state index in [0.717, 1.165) is 38.5 Å². The summed E-state index contributed by atoms with van der Waals surface area (Å²) in [5.41, 5.74) is -0.667. The van der Waals surface area contributed by atoms with Crippen LogP contribution in [-0.4, -0.2) is 71.0 Å². The van der Waals surface area contributed by atoms with E-state index in [1.807, 2.05) is 20.8 Å². The number of hydrogen-bond donors (Lipinski definition) is 3. The molecule has 0 aromatic heterocycles. The number of carboxylic acid groups (broad SMARTS) is 2. The molecule has 0 aliphatic heterocycles. The summed E-state index contributed by atoms with van der Waals surface area (Å²) in [5.74, 6) is -2.23. The Morgan fingerprint density at radius 3 is 1.13 bits per heavy atom. The van der Waals surface area contributed by atoms with Crippen molar-refractivity contribution >= 4 is 35.8 Å². The van der Waals surface area contributed by atoms with Gasteiger partial charge in [0.15, 0.2) is 0 Å². The first-order valence-corrected chi connectivity index (χ1v) is 10.9. The van der Waals surface area contributed by atoms with E-state index >= 15 is 0 Å². The van der Waals surface area contributed by atoms with E-state index in [0.29, 0.717) is 19.3 Å². The number of hydrogen-bond acceptors (Lipinski definition) is 7. The summed E-state index contributed by atoms with van der Waals surface area (Å²) in [6, 6.07) is 0. The van der Waals surface area contributed by atoms with Crippen molar-refractivity contribution in [3.63, 3.8) is 0 Å². The minimum atomic E-state index is -0.893. The summed E-state index contributed by atoms with van der Waals surface area (Å²) in [6.07, 6.45) is 7.64. The molecule has 0 aliphatic carbocycles. The van der Waals surface area contributed by atoms with E-state index < -0.39 is 17.4 Å². The van der Waals surface area contributed by atoms with Gasteiger partial charge in [-0.05, 0) is 43.9 Å². The molecule has 0 amide bonds. The summed E-state index contributed by atoms with van der Waals surface area (Å²) in [7, 11) is 0. The number of aliphatic carboxylic acids is 2. The van der Waals surface area contributed by atoms with Crippen LogP contribution in [0.3, 0.4) is 0 Å². The summed E-state index contributed by atoms with van der Waals surface area (Å²) < 4.78 is 0. The van der Waals surface area contributed by atoms with Gasteiger partial charge in [0.25, 0.3) is 0 Å². The molecule has 178 valence electrons. The van der Waals surface area contributed by atoms with Crippen molar-refractivity contribution < 1.29 is 35.1 Å². The van der Waals surface area contributed by atoms with Crippen molar-refractivity contribution in [3.05, 3.63) is 0 Å². The standard InChI is InChI=1S/2C8H16O2.C6H14O3.Sn/c2*1-3-5-6-7(4-2)8(9)10;1-2-6(3-7,4-8)5-9;/h2*7H,3-6H2,1-2H3,(H,9,10);7-9H,2-5H2,1H3;/q;;;+2/p-2. The Labute approximate surface area is 200 Å². The molecule has 7 nitrogen and oxygen atoms in total. The number of aliphatic hydroxyl groups excluding tert-OH is 3. The van der Waals surface area contributed by atoms with Gasteiger partial charge in [0.05, 0.1) is 19.8 Å². The van der Waals surface area contributed by atoms with Crippen molar-refractivity contribution in [3.8, 4) is 0 Å². The van der Waals surface area contributed by atoms with E-state index in [1.165, 1.54) is 0 Å². The molecule has 0 heterocycles. The van der Waals surface area contributed by atoms with Crippen LogP contribution in [0.2, 0.25) is 0 Å². The molecule has 2 atom stereocenters. The summed E-state index contributed by atoms with van der Waals surface area (Å²) in [4.78, 5) is 20.7. The quantitative estimate of drug-likeness (QED) is 0.279. The first kappa shape index (κ1) is 37.0. The molecule has 0 rings (SSSR count). The normalized spacial score (nSPS) is 12.3. The Morgan fingerprint density at radius 2 is 1.03 bits per heavy atom. The van der Waals surface area contributed by atoms with Gasteiger partial charge in [-0.1, -0.05) is 60.3 Å². The number of carboxylic acids is 2. The van der Waals surface area contributed by atoms with Gasteiger partial charge < -0.3 is 35.1 Å². The summed E-state index contributed by atoms with van der Waals surface area (Å²) in [5, 5.41) is 46.6. The number of aliphatic hydroxyl groups is 3. The van der Waals surface area contributed by atoms with Crippen molar-refractivity contribution in [1.29, 1.82) is 0 Å². The zero-order valence-electron chi connectivity index (χ0n) is 19.6. The van der Waals surface area contributed by atoms with Crippen LogP contribution < -0.4 is 10.2 Å². The van der Waals surface area contributed by atoms with Gasteiger partial charge in [0, 0.05) is 17.4 Å². The zero-order valence-corrected chi connectivity index (χ0v) is 22.5. The van der Waals surface area contributed by atoms with Gasteiger partial charge in [0.1, 0.15) is 0 Å². The second kappa shape index (κ2) is 24.9. The molecule has 0 fully saturated rings. The van der Waals surface area contributed by atoms with Crippen LogP contribution in [0.5, 0.6) is 0 Å². The van der Waals surface area contributed by atoms with Crippen LogP contribution in [0.1, 0.15) is 92.4 Å². The fraction of sp³-hybridized carbons (Fsp3) is 0.909. The van der Waals surface area contributed by atoms with Gasteiger partial charge in [-0.15, -0.1) is 0 Å². The molecule has 0 spiro atoms. The molecule has 0 saturated carbocycles. The summed E-state index contributed by atoms with van der Waals surface area (Å²) in [6.45, 7) is 9.24. The van der Waals surface area contributed by atoms with E-state index in [9.17, 15) is 19.8 Å². The van der Waals surface area contributed by atoms with Crippen molar-refractivity contribution in [2.75, 3.05) is 19.8 Å². The Hall–Kier alpha value is -0.381. The average molecular weight is 539 g/mol. The van der Waals surface area contributed by atoms with Gasteiger partial charge in [-0.25, -0.2) is 0 Å². The predicted molar refractivity (Wildman–Crippen MR) is 116 cm³/mol. The Balaban J connectivity index is -0.000000167. The molecule has 0 aliphatic rings. The van der Waals surface area contributed by atoms with Crippen LogP contribution in [0.25, 0.3) is 0 Å². The molecule has 3 N–H and O–H groups in total. The number of carbonyl (C=O) groups excluding carboxylic acids is 2. The molecule has 0 aromatic carbocycles. The van der Waals surface area contributed by atoms with Crippen LogP contribution in [0, 0.1) is 17.3 Å². The molecule has 8 heteroatoms. The second-order valence-electron chi connectivity index (χ2n) is 7.46. The van der Waals surface area contributed by atoms with Gasteiger partial charge in [-0.3, -0.25) is 0 Å². The molecule has 0 saturated heterocycles. The number of rotatable bonds is 14. The predicted octanol–water partition coefficient (Wildman–Crippen LogP) is 0.884. The minimum absolute atomic E-state index is 0. The van der Waals surface area contributed by atoms with Gasteiger partial charge in [-0.2, -0.15) is 0 Å². The smallest absolute Gasteiger partial charge is 0.550 e. The maximum Gasteiger partial charge on any atom is 2.00 e. The topological polar surface area (TPSA) is 141 Å². The van der Waals surface area contributed by atoms with E-state index in [4.69, 9.17) is 15.3 Å². The number of carbonyl (C=O) groups is 2. The van der Waals surface area contributed by atoms with Crippen molar-refractivity contribution in [1.82, 2.24) is 0 Å². The fourth-order valence-electron chi connectivity index (χ4n) is 2.36. The maximum absolute atomic E-state index is 10.3. The van der Waals surface area contributed by atoms with Gasteiger partial charge in [0.2, 0.25) is 0 Å². The van der Waals surface area contributed by atoms with Crippen LogP contribution >= 0.6 is 0 Å². The molecule has 30 heavy (non-hydrogen) atoms. The van der Waals surface area contributed by atoms with Crippen LogP contribution in [-0.2, 0) is 9.59 Å². The fourth-order valence-corrected chi connectivity index (χ4v) is 2.36. The Morgan fingerprint density at radius 1 is 0.733 bits per heavy atom. The van der Waals surface area contributed by atoms with E-state index in [1.54, 1.807) is 0 Å². The summed E-state index contributed by atoms with van der Waals surface area (Å²) >= 11 is 0. The average Bonchev–Trinajstić information content (AvgIpc) is 2.72. The maximum atomic E-state index is 10.3. The second-order valence-corrected chi connectivity index (χ2v) is 7.46. The zero-order chi connectivity index (χ0) is 23.3. The minimum Gasteiger partial charge on any atom is -0.550 e. The molecule has 0 bridgehead atoms. The molecule has 2 radical (unpaired) electrons. The first-order valence-electron chi connectivity index (χ1n) is 10.9. The monoisotopic (exact) mass is 540 g/mol. The molecule has 0 aromatic rings. The third kappa shape index (κ3) is 19.6.